The molecule has 0 amide bonds. The summed E-state index contributed by atoms with van der Waals surface area (Å²) in [5, 5.41) is 24.2. The Morgan fingerprint density at radius 3 is 2.42 bits per heavy atom. The van der Waals surface area contributed by atoms with Gasteiger partial charge >= 0.3 is 0 Å². The van der Waals surface area contributed by atoms with Gasteiger partial charge in [0, 0.05) is 12.6 Å². The van der Waals surface area contributed by atoms with Crippen LogP contribution in [0, 0.1) is 5.92 Å². The van der Waals surface area contributed by atoms with E-state index in [9.17, 15) is 10.2 Å². The van der Waals surface area contributed by atoms with Crippen LogP contribution in [0.1, 0.15) is 71.1 Å². The topological polar surface area (TPSA) is 52.5 Å². The molecule has 0 radical (unpaired) electrons. The summed E-state index contributed by atoms with van der Waals surface area (Å²) in [5.41, 5.74) is -0.530. The first-order valence-corrected chi connectivity index (χ1v) is 8.27. The Labute approximate surface area is 117 Å². The van der Waals surface area contributed by atoms with Crippen LogP contribution < -0.4 is 5.32 Å². The van der Waals surface area contributed by atoms with Gasteiger partial charge in [-0.3, -0.25) is 0 Å². The van der Waals surface area contributed by atoms with E-state index >= 15 is 0 Å². The van der Waals surface area contributed by atoms with E-state index in [2.05, 4.69) is 12.2 Å². The maximum absolute atomic E-state index is 10.6. The van der Waals surface area contributed by atoms with Crippen LogP contribution in [0.15, 0.2) is 0 Å². The SMILES string of the molecule is CCC1CCC(O)(CNC2CCCCCC2O)CC1. The van der Waals surface area contributed by atoms with Crippen LogP contribution in [0.2, 0.25) is 0 Å². The number of rotatable bonds is 4. The molecule has 112 valence electrons. The third kappa shape index (κ3) is 4.44. The highest BCUT2D eigenvalue weighted by molar-refractivity contribution is 4.89. The van der Waals surface area contributed by atoms with E-state index < -0.39 is 5.60 Å². The molecular formula is C16H31NO2. The van der Waals surface area contributed by atoms with Crippen LogP contribution >= 0.6 is 0 Å². The Morgan fingerprint density at radius 1 is 1.05 bits per heavy atom. The number of aliphatic hydroxyl groups is 2. The Kier molecular flexibility index (Phi) is 5.67. The molecule has 2 saturated carbocycles. The molecule has 0 aromatic heterocycles. The van der Waals surface area contributed by atoms with Crippen molar-refractivity contribution < 1.29 is 10.2 Å². The Bertz CT molecular complexity index is 261. The molecule has 0 bridgehead atoms. The fourth-order valence-electron chi connectivity index (χ4n) is 3.65. The average Bonchev–Trinajstić information content (AvgIpc) is 2.62. The normalized spacial score (nSPS) is 40.9. The first-order valence-electron chi connectivity index (χ1n) is 8.27. The van der Waals surface area contributed by atoms with Crippen molar-refractivity contribution in [1.29, 1.82) is 0 Å². The van der Waals surface area contributed by atoms with Crippen LogP contribution in [-0.4, -0.2) is 34.5 Å². The van der Waals surface area contributed by atoms with Gasteiger partial charge in [-0.25, -0.2) is 0 Å². The van der Waals surface area contributed by atoms with Crippen molar-refractivity contribution in [2.24, 2.45) is 5.92 Å². The average molecular weight is 269 g/mol. The van der Waals surface area contributed by atoms with E-state index in [4.69, 9.17) is 0 Å². The lowest BCUT2D eigenvalue weighted by atomic mass is 9.77. The van der Waals surface area contributed by atoms with E-state index in [0.29, 0.717) is 6.54 Å². The Balaban J connectivity index is 1.77. The Morgan fingerprint density at radius 2 is 1.74 bits per heavy atom. The van der Waals surface area contributed by atoms with Crippen LogP contribution in [0.3, 0.4) is 0 Å². The number of hydrogen-bond acceptors (Lipinski definition) is 3. The number of hydrogen-bond donors (Lipinski definition) is 3. The van der Waals surface area contributed by atoms with E-state index in [-0.39, 0.29) is 12.1 Å². The van der Waals surface area contributed by atoms with Crippen molar-refractivity contribution in [3.63, 3.8) is 0 Å². The molecule has 0 aromatic carbocycles. The molecule has 3 heteroatoms. The van der Waals surface area contributed by atoms with Gasteiger partial charge in [0.2, 0.25) is 0 Å². The minimum Gasteiger partial charge on any atom is -0.392 e. The molecule has 0 spiro atoms. The molecule has 19 heavy (non-hydrogen) atoms. The highest BCUT2D eigenvalue weighted by atomic mass is 16.3. The molecule has 2 rings (SSSR count). The van der Waals surface area contributed by atoms with Gasteiger partial charge in [0.05, 0.1) is 11.7 Å². The monoisotopic (exact) mass is 269 g/mol. The van der Waals surface area contributed by atoms with Crippen molar-refractivity contribution in [1.82, 2.24) is 5.32 Å². The highest BCUT2D eigenvalue weighted by Gasteiger charge is 2.33. The minimum atomic E-state index is -0.530. The molecule has 2 atom stereocenters. The lowest BCUT2D eigenvalue weighted by Crippen LogP contribution is -2.49. The molecule has 0 aromatic rings. The summed E-state index contributed by atoms with van der Waals surface area (Å²) in [4.78, 5) is 0. The molecule has 0 aliphatic heterocycles. The van der Waals surface area contributed by atoms with E-state index in [1.165, 1.54) is 19.3 Å². The molecule has 0 heterocycles. The lowest BCUT2D eigenvalue weighted by molar-refractivity contribution is -0.0153. The first kappa shape index (κ1) is 15.3. The van der Waals surface area contributed by atoms with E-state index in [1.807, 2.05) is 0 Å². The highest BCUT2D eigenvalue weighted by Crippen LogP contribution is 2.33. The molecule has 2 aliphatic carbocycles. The van der Waals surface area contributed by atoms with Gasteiger partial charge in [-0.1, -0.05) is 32.6 Å². The first-order chi connectivity index (χ1) is 9.13. The second-order valence-electron chi connectivity index (χ2n) is 6.77. The summed E-state index contributed by atoms with van der Waals surface area (Å²) in [5.74, 6) is 0.809. The third-order valence-corrected chi connectivity index (χ3v) is 5.29. The van der Waals surface area contributed by atoms with Gasteiger partial charge in [-0.2, -0.15) is 0 Å². The van der Waals surface area contributed by atoms with Crippen LogP contribution in [0.5, 0.6) is 0 Å². The predicted octanol–water partition coefficient (Wildman–Crippen LogP) is 2.60. The van der Waals surface area contributed by atoms with Gasteiger partial charge in [0.1, 0.15) is 0 Å². The maximum atomic E-state index is 10.6. The molecular weight excluding hydrogens is 238 g/mol. The van der Waals surface area contributed by atoms with Crippen LogP contribution in [-0.2, 0) is 0 Å². The fourth-order valence-corrected chi connectivity index (χ4v) is 3.65. The summed E-state index contributed by atoms with van der Waals surface area (Å²) >= 11 is 0. The molecule has 2 fully saturated rings. The smallest absolute Gasteiger partial charge is 0.0771 e. The summed E-state index contributed by atoms with van der Waals surface area (Å²) in [6.07, 6.45) is 10.7. The van der Waals surface area contributed by atoms with Gasteiger partial charge in [-0.05, 0) is 44.4 Å². The van der Waals surface area contributed by atoms with Gasteiger partial charge in [-0.15, -0.1) is 0 Å². The van der Waals surface area contributed by atoms with Crippen molar-refractivity contribution in [3.05, 3.63) is 0 Å². The second-order valence-corrected chi connectivity index (χ2v) is 6.77. The molecule has 2 aliphatic rings. The lowest BCUT2D eigenvalue weighted by Gasteiger charge is -2.37. The van der Waals surface area contributed by atoms with E-state index in [0.717, 1.165) is 50.9 Å². The standard InChI is InChI=1S/C16H31NO2/c1-2-13-8-10-16(19,11-9-13)12-17-14-6-4-3-5-7-15(14)18/h13-15,17-19H,2-12H2,1H3. The predicted molar refractivity (Wildman–Crippen MR) is 78.1 cm³/mol. The second kappa shape index (κ2) is 7.05. The summed E-state index contributed by atoms with van der Waals surface area (Å²) in [7, 11) is 0. The zero-order valence-electron chi connectivity index (χ0n) is 12.4. The summed E-state index contributed by atoms with van der Waals surface area (Å²) < 4.78 is 0. The zero-order chi connectivity index (χ0) is 13.7. The van der Waals surface area contributed by atoms with Crippen molar-refractivity contribution in [3.8, 4) is 0 Å². The quantitative estimate of drug-likeness (QED) is 0.688. The van der Waals surface area contributed by atoms with E-state index in [1.54, 1.807) is 0 Å². The van der Waals surface area contributed by atoms with Gasteiger partial charge < -0.3 is 15.5 Å². The fraction of sp³-hybridized carbons (Fsp3) is 1.00. The summed E-state index contributed by atoms with van der Waals surface area (Å²) in [6.45, 7) is 2.90. The minimum absolute atomic E-state index is 0.190. The number of nitrogens with one attached hydrogen (secondary N) is 1. The summed E-state index contributed by atoms with van der Waals surface area (Å²) in [6, 6.07) is 0.190. The van der Waals surface area contributed by atoms with Crippen LogP contribution in [0.25, 0.3) is 0 Å². The van der Waals surface area contributed by atoms with Gasteiger partial charge in [0.15, 0.2) is 0 Å². The molecule has 0 saturated heterocycles. The number of aliphatic hydroxyl groups excluding tert-OH is 1. The van der Waals surface area contributed by atoms with Crippen molar-refractivity contribution >= 4 is 0 Å². The molecule has 2 unspecified atom stereocenters. The van der Waals surface area contributed by atoms with Crippen LogP contribution in [0.4, 0.5) is 0 Å². The Hall–Kier alpha value is -0.120. The third-order valence-electron chi connectivity index (χ3n) is 5.29. The van der Waals surface area contributed by atoms with Crippen molar-refractivity contribution in [2.75, 3.05) is 6.54 Å². The maximum Gasteiger partial charge on any atom is 0.0771 e. The van der Waals surface area contributed by atoms with Gasteiger partial charge in [0.25, 0.3) is 0 Å². The largest absolute Gasteiger partial charge is 0.392 e. The zero-order valence-corrected chi connectivity index (χ0v) is 12.4. The van der Waals surface area contributed by atoms with Crippen molar-refractivity contribution in [2.45, 2.75) is 88.9 Å². The molecule has 3 nitrogen and oxygen atoms in total. The molecule has 3 N–H and O–H groups in total.